The van der Waals surface area contributed by atoms with E-state index in [1.165, 1.54) is 24.9 Å². The highest BCUT2D eigenvalue weighted by atomic mass is 16.5. The third kappa shape index (κ3) is 3.67. The standard InChI is InChI=1S/C21H23N3O2/c1-25-19-7-5-6-16(14-19)20-15-22-21(26-20)23-17-8-10-18(11-9-17)24-12-3-2-4-13-24/h5-11,14-15H,2-4,12-13H2,1H3,(H,22,23). The van der Waals surface area contributed by atoms with Crippen molar-refractivity contribution in [3.05, 3.63) is 54.7 Å². The van der Waals surface area contributed by atoms with Crippen LogP contribution in [-0.4, -0.2) is 25.2 Å². The highest BCUT2D eigenvalue weighted by Crippen LogP contribution is 2.28. The number of benzene rings is 2. The molecule has 0 spiro atoms. The molecule has 4 rings (SSSR count). The van der Waals surface area contributed by atoms with Gasteiger partial charge in [-0.1, -0.05) is 12.1 Å². The lowest BCUT2D eigenvalue weighted by Crippen LogP contribution is -2.29. The average Bonchev–Trinajstić information content (AvgIpc) is 3.18. The summed E-state index contributed by atoms with van der Waals surface area (Å²) in [6.45, 7) is 2.30. The first-order valence-corrected chi connectivity index (χ1v) is 9.04. The number of nitrogens with zero attached hydrogens (tertiary/aromatic N) is 2. The van der Waals surface area contributed by atoms with Crippen molar-refractivity contribution >= 4 is 17.4 Å². The largest absolute Gasteiger partial charge is 0.497 e. The Morgan fingerprint density at radius 2 is 1.85 bits per heavy atom. The molecule has 3 aromatic rings. The number of ether oxygens (including phenoxy) is 1. The third-order valence-corrected chi connectivity index (χ3v) is 4.70. The number of oxazole rings is 1. The summed E-state index contributed by atoms with van der Waals surface area (Å²) in [6, 6.07) is 16.7. The van der Waals surface area contributed by atoms with Crippen molar-refractivity contribution in [1.82, 2.24) is 4.98 Å². The van der Waals surface area contributed by atoms with E-state index in [0.717, 1.165) is 30.1 Å². The molecule has 134 valence electrons. The summed E-state index contributed by atoms with van der Waals surface area (Å²) in [5, 5.41) is 3.23. The fraction of sp³-hybridized carbons (Fsp3) is 0.286. The molecule has 2 heterocycles. The van der Waals surface area contributed by atoms with Crippen molar-refractivity contribution in [2.45, 2.75) is 19.3 Å². The van der Waals surface area contributed by atoms with E-state index in [4.69, 9.17) is 9.15 Å². The number of methoxy groups -OCH3 is 1. The minimum Gasteiger partial charge on any atom is -0.497 e. The van der Waals surface area contributed by atoms with Crippen molar-refractivity contribution < 1.29 is 9.15 Å². The SMILES string of the molecule is COc1cccc(-c2cnc(Nc3ccc(N4CCCCC4)cc3)o2)c1. The van der Waals surface area contributed by atoms with Crippen LogP contribution in [0.15, 0.2) is 59.1 Å². The molecule has 0 aliphatic carbocycles. The number of aromatic nitrogens is 1. The Kier molecular flexibility index (Phi) is 4.78. The molecule has 5 nitrogen and oxygen atoms in total. The molecule has 0 bridgehead atoms. The zero-order chi connectivity index (χ0) is 17.8. The van der Waals surface area contributed by atoms with E-state index in [1.807, 2.05) is 24.3 Å². The fourth-order valence-corrected chi connectivity index (χ4v) is 3.27. The predicted octanol–water partition coefficient (Wildman–Crippen LogP) is 5.08. The highest BCUT2D eigenvalue weighted by molar-refractivity contribution is 5.62. The van der Waals surface area contributed by atoms with Gasteiger partial charge in [-0.25, -0.2) is 4.98 Å². The van der Waals surface area contributed by atoms with E-state index in [2.05, 4.69) is 39.5 Å². The lowest BCUT2D eigenvalue weighted by molar-refractivity contribution is 0.415. The number of nitrogens with one attached hydrogen (secondary N) is 1. The van der Waals surface area contributed by atoms with Crippen LogP contribution in [0, 0.1) is 0 Å². The molecule has 1 aliphatic rings. The van der Waals surface area contributed by atoms with Crippen molar-refractivity contribution in [3.8, 4) is 17.1 Å². The molecular formula is C21H23N3O2. The van der Waals surface area contributed by atoms with Gasteiger partial charge in [-0.05, 0) is 55.7 Å². The van der Waals surface area contributed by atoms with Gasteiger partial charge in [-0.2, -0.15) is 0 Å². The summed E-state index contributed by atoms with van der Waals surface area (Å²) >= 11 is 0. The van der Waals surface area contributed by atoms with Gasteiger partial charge in [0, 0.05) is 30.0 Å². The van der Waals surface area contributed by atoms with Gasteiger partial charge < -0.3 is 19.4 Å². The molecule has 1 N–H and O–H groups in total. The van der Waals surface area contributed by atoms with Crippen molar-refractivity contribution in [2.24, 2.45) is 0 Å². The van der Waals surface area contributed by atoms with E-state index in [1.54, 1.807) is 13.3 Å². The Morgan fingerprint density at radius 1 is 1.04 bits per heavy atom. The second-order valence-electron chi connectivity index (χ2n) is 6.48. The molecule has 0 saturated carbocycles. The Labute approximate surface area is 153 Å². The lowest BCUT2D eigenvalue weighted by Gasteiger charge is -2.28. The Hall–Kier alpha value is -2.95. The third-order valence-electron chi connectivity index (χ3n) is 4.70. The van der Waals surface area contributed by atoms with Crippen LogP contribution in [0.2, 0.25) is 0 Å². The molecule has 1 fully saturated rings. The minimum absolute atomic E-state index is 0.480. The molecule has 0 atom stereocenters. The van der Waals surface area contributed by atoms with E-state index < -0.39 is 0 Å². The monoisotopic (exact) mass is 349 g/mol. The quantitative estimate of drug-likeness (QED) is 0.696. The Bertz CT molecular complexity index is 852. The molecule has 26 heavy (non-hydrogen) atoms. The van der Waals surface area contributed by atoms with Gasteiger partial charge in [-0.3, -0.25) is 0 Å². The summed E-state index contributed by atoms with van der Waals surface area (Å²) in [5.41, 5.74) is 3.18. The molecule has 1 saturated heterocycles. The Balaban J connectivity index is 1.45. The second-order valence-corrected chi connectivity index (χ2v) is 6.48. The lowest BCUT2D eigenvalue weighted by atomic mass is 10.1. The van der Waals surface area contributed by atoms with Gasteiger partial charge in [0.1, 0.15) is 5.75 Å². The first-order chi connectivity index (χ1) is 12.8. The van der Waals surface area contributed by atoms with Crippen molar-refractivity contribution in [3.63, 3.8) is 0 Å². The maximum absolute atomic E-state index is 5.83. The summed E-state index contributed by atoms with van der Waals surface area (Å²) < 4.78 is 11.1. The number of rotatable bonds is 5. The van der Waals surface area contributed by atoms with E-state index in [0.29, 0.717) is 11.8 Å². The molecule has 5 heteroatoms. The molecule has 0 amide bonds. The summed E-state index contributed by atoms with van der Waals surface area (Å²) in [4.78, 5) is 6.77. The van der Waals surface area contributed by atoms with E-state index >= 15 is 0 Å². The van der Waals surface area contributed by atoms with E-state index in [-0.39, 0.29) is 0 Å². The molecule has 2 aromatic carbocycles. The van der Waals surface area contributed by atoms with Gasteiger partial charge in [0.05, 0.1) is 13.3 Å². The Morgan fingerprint density at radius 3 is 2.62 bits per heavy atom. The van der Waals surface area contributed by atoms with Gasteiger partial charge in [0.2, 0.25) is 0 Å². The van der Waals surface area contributed by atoms with Gasteiger partial charge in [0.15, 0.2) is 5.76 Å². The van der Waals surface area contributed by atoms with Crippen LogP contribution in [0.1, 0.15) is 19.3 Å². The predicted molar refractivity (Wildman–Crippen MR) is 104 cm³/mol. The summed E-state index contributed by atoms with van der Waals surface area (Å²) in [5.74, 6) is 1.50. The van der Waals surface area contributed by atoms with Crippen LogP contribution in [0.4, 0.5) is 17.4 Å². The smallest absolute Gasteiger partial charge is 0.299 e. The van der Waals surface area contributed by atoms with Crippen LogP contribution < -0.4 is 15.0 Å². The topological polar surface area (TPSA) is 50.5 Å². The van der Waals surface area contributed by atoms with Gasteiger partial charge in [-0.15, -0.1) is 0 Å². The zero-order valence-electron chi connectivity index (χ0n) is 14.9. The molecule has 1 aliphatic heterocycles. The average molecular weight is 349 g/mol. The van der Waals surface area contributed by atoms with Crippen LogP contribution in [0.5, 0.6) is 5.75 Å². The molecule has 1 aromatic heterocycles. The maximum atomic E-state index is 5.83. The van der Waals surface area contributed by atoms with Gasteiger partial charge in [0.25, 0.3) is 6.01 Å². The zero-order valence-corrected chi connectivity index (χ0v) is 14.9. The molecule has 0 unspecified atom stereocenters. The van der Waals surface area contributed by atoms with Gasteiger partial charge >= 0.3 is 0 Å². The van der Waals surface area contributed by atoms with E-state index in [9.17, 15) is 0 Å². The summed E-state index contributed by atoms with van der Waals surface area (Å²) in [6.07, 6.45) is 5.63. The van der Waals surface area contributed by atoms with Crippen LogP contribution in [-0.2, 0) is 0 Å². The second kappa shape index (κ2) is 7.52. The maximum Gasteiger partial charge on any atom is 0.299 e. The number of piperidine rings is 1. The normalized spacial score (nSPS) is 14.3. The number of hydrogen-bond donors (Lipinski definition) is 1. The molecular weight excluding hydrogens is 326 g/mol. The highest BCUT2D eigenvalue weighted by Gasteiger charge is 2.11. The summed E-state index contributed by atoms with van der Waals surface area (Å²) in [7, 11) is 1.65. The first kappa shape index (κ1) is 16.5. The fourth-order valence-electron chi connectivity index (χ4n) is 3.27. The minimum atomic E-state index is 0.480. The van der Waals surface area contributed by atoms with Crippen molar-refractivity contribution in [1.29, 1.82) is 0 Å². The number of anilines is 3. The molecule has 0 radical (unpaired) electrons. The van der Waals surface area contributed by atoms with Crippen molar-refractivity contribution in [2.75, 3.05) is 30.4 Å². The van der Waals surface area contributed by atoms with Crippen LogP contribution >= 0.6 is 0 Å². The number of hydrogen-bond acceptors (Lipinski definition) is 5. The van der Waals surface area contributed by atoms with Crippen LogP contribution in [0.3, 0.4) is 0 Å². The van der Waals surface area contributed by atoms with Crippen LogP contribution in [0.25, 0.3) is 11.3 Å². The first-order valence-electron chi connectivity index (χ1n) is 9.04.